The molecule has 0 saturated carbocycles. The summed E-state index contributed by atoms with van der Waals surface area (Å²) in [7, 11) is 3.21. The van der Waals surface area contributed by atoms with Gasteiger partial charge in [-0.05, 0) is 13.0 Å². The second-order valence-corrected chi connectivity index (χ2v) is 3.71. The lowest BCUT2D eigenvalue weighted by atomic mass is 10.1. The lowest BCUT2D eigenvalue weighted by Crippen LogP contribution is -2.29. The molecule has 0 bridgehead atoms. The molecule has 1 atom stereocenters. The van der Waals surface area contributed by atoms with Crippen LogP contribution in [0.1, 0.15) is 12.5 Å². The van der Waals surface area contributed by atoms with Gasteiger partial charge in [-0.15, -0.1) is 0 Å². The smallest absolute Gasteiger partial charge is 0.162 e. The molecule has 0 fully saturated rings. The predicted octanol–water partition coefficient (Wildman–Crippen LogP) is 1.53. The van der Waals surface area contributed by atoms with E-state index in [-0.39, 0.29) is 11.8 Å². The van der Waals surface area contributed by atoms with Gasteiger partial charge in [-0.25, -0.2) is 0 Å². The van der Waals surface area contributed by atoms with Gasteiger partial charge in [-0.2, -0.15) is 0 Å². The van der Waals surface area contributed by atoms with Crippen molar-refractivity contribution in [2.75, 3.05) is 20.8 Å². The summed E-state index contributed by atoms with van der Waals surface area (Å²) in [6, 6.07) is 5.70. The van der Waals surface area contributed by atoms with E-state index in [2.05, 4.69) is 5.32 Å². The maximum atomic E-state index is 9.84. The van der Waals surface area contributed by atoms with E-state index in [1.807, 2.05) is 19.1 Å². The van der Waals surface area contributed by atoms with Crippen LogP contribution in [0.15, 0.2) is 18.2 Å². The van der Waals surface area contributed by atoms with Crippen molar-refractivity contribution in [3.05, 3.63) is 23.8 Å². The topological polar surface area (TPSA) is 50.7 Å². The molecule has 1 unspecified atom stereocenters. The van der Waals surface area contributed by atoms with Gasteiger partial charge in [0.15, 0.2) is 11.5 Å². The first-order valence-electron chi connectivity index (χ1n) is 5.26. The van der Waals surface area contributed by atoms with E-state index < -0.39 is 0 Å². The number of aromatic hydroxyl groups is 1. The third kappa shape index (κ3) is 3.40. The van der Waals surface area contributed by atoms with Crippen molar-refractivity contribution in [2.24, 2.45) is 0 Å². The average molecular weight is 225 g/mol. The van der Waals surface area contributed by atoms with E-state index in [0.29, 0.717) is 18.9 Å². The molecule has 0 radical (unpaired) electrons. The first-order valence-corrected chi connectivity index (χ1v) is 5.26. The average Bonchev–Trinajstić information content (AvgIpc) is 2.28. The summed E-state index contributed by atoms with van der Waals surface area (Å²) in [6.45, 7) is 3.26. The van der Waals surface area contributed by atoms with Gasteiger partial charge >= 0.3 is 0 Å². The molecule has 16 heavy (non-hydrogen) atoms. The largest absolute Gasteiger partial charge is 0.504 e. The van der Waals surface area contributed by atoms with Gasteiger partial charge in [-0.3, -0.25) is 0 Å². The zero-order valence-electron chi connectivity index (χ0n) is 9.99. The van der Waals surface area contributed by atoms with Crippen LogP contribution in [0, 0.1) is 0 Å². The minimum Gasteiger partial charge on any atom is -0.504 e. The molecular formula is C12H19NO3. The Morgan fingerprint density at radius 2 is 2.12 bits per heavy atom. The number of ether oxygens (including phenoxy) is 2. The second kappa shape index (κ2) is 6.35. The SMILES string of the molecule is COCC(C)NCc1cccc(OC)c1O. The van der Waals surface area contributed by atoms with Crippen LogP contribution >= 0.6 is 0 Å². The number of rotatable bonds is 6. The Balaban J connectivity index is 2.60. The molecule has 1 aromatic carbocycles. The Hall–Kier alpha value is -1.26. The number of hydrogen-bond acceptors (Lipinski definition) is 4. The van der Waals surface area contributed by atoms with E-state index in [4.69, 9.17) is 9.47 Å². The van der Waals surface area contributed by atoms with E-state index in [0.717, 1.165) is 5.56 Å². The molecule has 4 nitrogen and oxygen atoms in total. The molecule has 4 heteroatoms. The summed E-state index contributed by atoms with van der Waals surface area (Å²) in [6.07, 6.45) is 0. The van der Waals surface area contributed by atoms with Crippen LogP contribution in [0.4, 0.5) is 0 Å². The molecule has 0 amide bonds. The highest BCUT2D eigenvalue weighted by atomic mass is 16.5. The number of nitrogens with one attached hydrogen (secondary N) is 1. The highest BCUT2D eigenvalue weighted by Gasteiger charge is 2.08. The number of phenolic OH excluding ortho intramolecular Hbond substituents is 1. The number of methoxy groups -OCH3 is 2. The molecule has 0 saturated heterocycles. The van der Waals surface area contributed by atoms with Crippen LogP contribution in [0.3, 0.4) is 0 Å². The van der Waals surface area contributed by atoms with Crippen molar-refractivity contribution in [3.63, 3.8) is 0 Å². The van der Waals surface area contributed by atoms with Gasteiger partial charge in [0.25, 0.3) is 0 Å². The Kier molecular flexibility index (Phi) is 5.08. The van der Waals surface area contributed by atoms with E-state index in [1.54, 1.807) is 20.3 Å². The zero-order valence-corrected chi connectivity index (χ0v) is 9.99. The minimum atomic E-state index is 0.196. The van der Waals surface area contributed by atoms with Gasteiger partial charge < -0.3 is 19.9 Å². The molecule has 0 aromatic heterocycles. The Labute approximate surface area is 96.2 Å². The van der Waals surface area contributed by atoms with Gasteiger partial charge in [0, 0.05) is 25.3 Å². The number of para-hydroxylation sites is 1. The van der Waals surface area contributed by atoms with Crippen molar-refractivity contribution < 1.29 is 14.6 Å². The van der Waals surface area contributed by atoms with E-state index >= 15 is 0 Å². The first-order chi connectivity index (χ1) is 7.69. The maximum absolute atomic E-state index is 9.84. The fourth-order valence-corrected chi connectivity index (χ4v) is 1.47. The number of phenols is 1. The monoisotopic (exact) mass is 225 g/mol. The number of benzene rings is 1. The molecule has 1 aromatic rings. The fourth-order valence-electron chi connectivity index (χ4n) is 1.47. The van der Waals surface area contributed by atoms with Crippen molar-refractivity contribution in [3.8, 4) is 11.5 Å². The first kappa shape index (κ1) is 12.8. The molecule has 0 aliphatic carbocycles. The van der Waals surface area contributed by atoms with E-state index in [1.165, 1.54) is 0 Å². The van der Waals surface area contributed by atoms with Crippen LogP contribution in [-0.4, -0.2) is 32.0 Å². The zero-order chi connectivity index (χ0) is 12.0. The fraction of sp³-hybridized carbons (Fsp3) is 0.500. The van der Waals surface area contributed by atoms with Crippen LogP contribution in [0.25, 0.3) is 0 Å². The molecule has 90 valence electrons. The Bertz CT molecular complexity index is 328. The number of hydrogen-bond donors (Lipinski definition) is 2. The molecular weight excluding hydrogens is 206 g/mol. The predicted molar refractivity (Wildman–Crippen MR) is 62.8 cm³/mol. The second-order valence-electron chi connectivity index (χ2n) is 3.71. The van der Waals surface area contributed by atoms with Crippen molar-refractivity contribution in [1.82, 2.24) is 5.32 Å². The lowest BCUT2D eigenvalue weighted by Gasteiger charge is -2.14. The van der Waals surface area contributed by atoms with Crippen molar-refractivity contribution in [1.29, 1.82) is 0 Å². The summed E-state index contributed by atoms with van der Waals surface area (Å²) in [5, 5.41) is 13.1. The summed E-state index contributed by atoms with van der Waals surface area (Å²) < 4.78 is 10.1. The van der Waals surface area contributed by atoms with Crippen LogP contribution < -0.4 is 10.1 Å². The highest BCUT2D eigenvalue weighted by Crippen LogP contribution is 2.29. The van der Waals surface area contributed by atoms with Gasteiger partial charge in [0.05, 0.1) is 13.7 Å². The minimum absolute atomic E-state index is 0.196. The summed E-state index contributed by atoms with van der Waals surface area (Å²) in [5.74, 6) is 0.695. The van der Waals surface area contributed by atoms with Crippen LogP contribution in [-0.2, 0) is 11.3 Å². The molecule has 0 aliphatic heterocycles. The van der Waals surface area contributed by atoms with Crippen molar-refractivity contribution >= 4 is 0 Å². The Morgan fingerprint density at radius 1 is 1.38 bits per heavy atom. The molecule has 0 heterocycles. The quantitative estimate of drug-likeness (QED) is 0.770. The van der Waals surface area contributed by atoms with Crippen molar-refractivity contribution in [2.45, 2.75) is 19.5 Å². The lowest BCUT2D eigenvalue weighted by molar-refractivity contribution is 0.171. The van der Waals surface area contributed by atoms with Gasteiger partial charge in [-0.1, -0.05) is 12.1 Å². The standard InChI is InChI=1S/C12H19NO3/c1-9(8-15-2)13-7-10-5-4-6-11(16-3)12(10)14/h4-6,9,13-14H,7-8H2,1-3H3. The third-order valence-corrected chi connectivity index (χ3v) is 2.36. The maximum Gasteiger partial charge on any atom is 0.162 e. The normalized spacial score (nSPS) is 12.4. The van der Waals surface area contributed by atoms with Gasteiger partial charge in [0.1, 0.15) is 0 Å². The molecule has 0 spiro atoms. The highest BCUT2D eigenvalue weighted by molar-refractivity contribution is 5.45. The van der Waals surface area contributed by atoms with Crippen LogP contribution in [0.5, 0.6) is 11.5 Å². The van der Waals surface area contributed by atoms with Gasteiger partial charge in [0.2, 0.25) is 0 Å². The van der Waals surface area contributed by atoms with E-state index in [9.17, 15) is 5.11 Å². The molecule has 2 N–H and O–H groups in total. The summed E-state index contributed by atoms with van der Waals surface area (Å²) in [5.41, 5.74) is 0.822. The van der Waals surface area contributed by atoms with Crippen LogP contribution in [0.2, 0.25) is 0 Å². The molecule has 0 aliphatic rings. The summed E-state index contributed by atoms with van der Waals surface area (Å²) in [4.78, 5) is 0. The summed E-state index contributed by atoms with van der Waals surface area (Å²) >= 11 is 0. The molecule has 1 rings (SSSR count). The Morgan fingerprint density at radius 3 is 2.75 bits per heavy atom. The third-order valence-electron chi connectivity index (χ3n) is 2.36.